The molecular weight excluding hydrogens is 220 g/mol. The molecule has 0 amide bonds. The molecule has 1 aliphatic heterocycles. The van der Waals surface area contributed by atoms with E-state index in [0.717, 1.165) is 12.8 Å². The molecule has 0 aromatic carbocycles. The van der Waals surface area contributed by atoms with Crippen LogP contribution in [0.5, 0.6) is 0 Å². The van der Waals surface area contributed by atoms with Crippen LogP contribution in [-0.4, -0.2) is 32.1 Å². The van der Waals surface area contributed by atoms with Crippen LogP contribution in [-0.2, 0) is 19.0 Å². The molecule has 0 aromatic heterocycles. The summed E-state index contributed by atoms with van der Waals surface area (Å²) in [4.78, 5) is 11.6. The van der Waals surface area contributed by atoms with Gasteiger partial charge in [0.15, 0.2) is 6.29 Å². The minimum Gasteiger partial charge on any atom is -0.466 e. The molecule has 0 radical (unpaired) electrons. The van der Waals surface area contributed by atoms with Crippen LogP contribution < -0.4 is 0 Å². The maximum absolute atomic E-state index is 11.6. The van der Waals surface area contributed by atoms with E-state index in [-0.39, 0.29) is 12.3 Å². The number of ether oxygens (including phenoxy) is 3. The van der Waals surface area contributed by atoms with Crippen molar-refractivity contribution in [3.63, 3.8) is 0 Å². The van der Waals surface area contributed by atoms with Crippen molar-refractivity contribution in [2.24, 2.45) is 17.8 Å². The second kappa shape index (κ2) is 5.83. The Hall–Kier alpha value is -0.610. The predicted molar refractivity (Wildman–Crippen MR) is 62.3 cm³/mol. The normalized spacial score (nSPS) is 34.1. The topological polar surface area (TPSA) is 44.8 Å². The van der Waals surface area contributed by atoms with Gasteiger partial charge in [-0.15, -0.1) is 0 Å². The Morgan fingerprint density at radius 3 is 2.65 bits per heavy atom. The third kappa shape index (κ3) is 2.99. The highest BCUT2D eigenvalue weighted by Crippen LogP contribution is 2.43. The molecule has 2 rings (SSSR count). The maximum atomic E-state index is 11.6. The van der Waals surface area contributed by atoms with E-state index in [2.05, 4.69) is 6.92 Å². The van der Waals surface area contributed by atoms with E-state index < -0.39 is 0 Å². The van der Waals surface area contributed by atoms with Crippen molar-refractivity contribution in [2.45, 2.75) is 39.4 Å². The van der Waals surface area contributed by atoms with Gasteiger partial charge >= 0.3 is 5.97 Å². The van der Waals surface area contributed by atoms with Crippen LogP contribution in [0, 0.1) is 17.8 Å². The fourth-order valence-electron chi connectivity index (χ4n) is 3.09. The molecule has 1 saturated carbocycles. The Balaban J connectivity index is 1.93. The number of rotatable bonds is 4. The van der Waals surface area contributed by atoms with Gasteiger partial charge in [-0.3, -0.25) is 4.79 Å². The van der Waals surface area contributed by atoms with Crippen LogP contribution in [0.3, 0.4) is 0 Å². The first-order valence-electron chi connectivity index (χ1n) is 6.61. The molecule has 0 spiro atoms. The minimum absolute atomic E-state index is 0.0883. The van der Waals surface area contributed by atoms with E-state index >= 15 is 0 Å². The second-order valence-corrected chi connectivity index (χ2v) is 5.01. The molecule has 4 heteroatoms. The fraction of sp³-hybridized carbons (Fsp3) is 0.923. The molecule has 1 aliphatic carbocycles. The van der Waals surface area contributed by atoms with E-state index in [0.29, 0.717) is 44.0 Å². The lowest BCUT2D eigenvalue weighted by Gasteiger charge is -2.26. The highest BCUT2D eigenvalue weighted by Gasteiger charge is 2.42. The number of carbonyl (C=O) groups is 1. The molecule has 98 valence electrons. The van der Waals surface area contributed by atoms with E-state index in [1.165, 1.54) is 0 Å². The number of hydrogen-bond acceptors (Lipinski definition) is 4. The largest absolute Gasteiger partial charge is 0.466 e. The Morgan fingerprint density at radius 1 is 1.29 bits per heavy atom. The Labute approximate surface area is 103 Å². The average Bonchev–Trinajstić information content (AvgIpc) is 2.89. The van der Waals surface area contributed by atoms with Crippen molar-refractivity contribution in [3.8, 4) is 0 Å². The molecule has 1 heterocycles. The van der Waals surface area contributed by atoms with Crippen molar-refractivity contribution in [1.29, 1.82) is 0 Å². The van der Waals surface area contributed by atoms with Crippen molar-refractivity contribution in [2.75, 3.05) is 19.8 Å². The van der Waals surface area contributed by atoms with Crippen LogP contribution in [0.2, 0.25) is 0 Å². The third-order valence-electron chi connectivity index (χ3n) is 3.89. The summed E-state index contributed by atoms with van der Waals surface area (Å²) in [5.74, 6) is 1.18. The Kier molecular flexibility index (Phi) is 4.40. The molecule has 0 bridgehead atoms. The van der Waals surface area contributed by atoms with Crippen LogP contribution in [0.1, 0.15) is 33.1 Å². The van der Waals surface area contributed by atoms with Gasteiger partial charge in [0.25, 0.3) is 0 Å². The number of carbonyl (C=O) groups excluding carboxylic acids is 1. The van der Waals surface area contributed by atoms with Gasteiger partial charge in [0.05, 0.1) is 19.8 Å². The first kappa shape index (κ1) is 12.8. The average molecular weight is 242 g/mol. The third-order valence-corrected chi connectivity index (χ3v) is 3.89. The highest BCUT2D eigenvalue weighted by atomic mass is 16.7. The molecule has 17 heavy (non-hydrogen) atoms. The predicted octanol–water partition coefficient (Wildman–Crippen LogP) is 1.97. The monoisotopic (exact) mass is 242 g/mol. The van der Waals surface area contributed by atoms with E-state index in [9.17, 15) is 4.79 Å². The van der Waals surface area contributed by atoms with Gasteiger partial charge in [0.1, 0.15) is 0 Å². The zero-order valence-electron chi connectivity index (χ0n) is 10.7. The maximum Gasteiger partial charge on any atom is 0.306 e. The lowest BCUT2D eigenvalue weighted by molar-refractivity contribution is -0.147. The quantitative estimate of drug-likeness (QED) is 0.707. The molecule has 1 saturated heterocycles. The van der Waals surface area contributed by atoms with Crippen LogP contribution in [0.15, 0.2) is 0 Å². The van der Waals surface area contributed by atoms with Gasteiger partial charge < -0.3 is 14.2 Å². The van der Waals surface area contributed by atoms with Gasteiger partial charge in [-0.2, -0.15) is 0 Å². The molecule has 4 nitrogen and oxygen atoms in total. The highest BCUT2D eigenvalue weighted by molar-refractivity contribution is 5.69. The zero-order valence-corrected chi connectivity index (χ0v) is 10.7. The molecule has 2 aliphatic rings. The van der Waals surface area contributed by atoms with E-state index in [1.807, 2.05) is 6.92 Å². The minimum atomic E-state index is -0.105. The van der Waals surface area contributed by atoms with Crippen molar-refractivity contribution in [3.05, 3.63) is 0 Å². The summed E-state index contributed by atoms with van der Waals surface area (Å²) < 4.78 is 16.2. The Bertz CT molecular complexity index is 260. The lowest BCUT2D eigenvalue weighted by atomic mass is 9.87. The SMILES string of the molecule is CCOC(=O)C[C@@H]1CC[C@@H](C)[C@@H]1C1OCCO1. The van der Waals surface area contributed by atoms with E-state index in [4.69, 9.17) is 14.2 Å². The first-order valence-corrected chi connectivity index (χ1v) is 6.61. The van der Waals surface area contributed by atoms with Gasteiger partial charge in [-0.25, -0.2) is 0 Å². The van der Waals surface area contributed by atoms with Crippen LogP contribution >= 0.6 is 0 Å². The lowest BCUT2D eigenvalue weighted by Crippen LogP contribution is -2.30. The molecule has 0 N–H and O–H groups in total. The van der Waals surface area contributed by atoms with E-state index in [1.54, 1.807) is 0 Å². The van der Waals surface area contributed by atoms with Gasteiger partial charge in [-0.1, -0.05) is 6.92 Å². The summed E-state index contributed by atoms with van der Waals surface area (Å²) in [5.41, 5.74) is 0. The number of hydrogen-bond donors (Lipinski definition) is 0. The molecule has 3 atom stereocenters. The molecular formula is C13H22O4. The smallest absolute Gasteiger partial charge is 0.306 e. The fourth-order valence-corrected chi connectivity index (χ4v) is 3.09. The summed E-state index contributed by atoms with van der Waals surface area (Å²) in [7, 11) is 0. The van der Waals surface area contributed by atoms with Crippen molar-refractivity contribution >= 4 is 5.97 Å². The molecule has 0 unspecified atom stereocenters. The summed E-state index contributed by atoms with van der Waals surface area (Å²) in [6, 6.07) is 0. The molecule has 0 aromatic rings. The van der Waals surface area contributed by atoms with Crippen LogP contribution in [0.4, 0.5) is 0 Å². The van der Waals surface area contributed by atoms with Gasteiger partial charge in [0.2, 0.25) is 0 Å². The number of esters is 1. The van der Waals surface area contributed by atoms with Crippen molar-refractivity contribution < 1.29 is 19.0 Å². The summed E-state index contributed by atoms with van der Waals surface area (Å²) in [6.45, 7) is 5.89. The molecule has 2 fully saturated rings. The van der Waals surface area contributed by atoms with Gasteiger partial charge in [0, 0.05) is 12.3 Å². The van der Waals surface area contributed by atoms with Gasteiger partial charge in [-0.05, 0) is 31.6 Å². The van der Waals surface area contributed by atoms with Crippen molar-refractivity contribution in [1.82, 2.24) is 0 Å². The van der Waals surface area contributed by atoms with Crippen LogP contribution in [0.25, 0.3) is 0 Å². The second-order valence-electron chi connectivity index (χ2n) is 5.01. The summed E-state index contributed by atoms with van der Waals surface area (Å²) in [5, 5.41) is 0. The standard InChI is InChI=1S/C13H22O4/c1-3-15-11(14)8-10-5-4-9(2)12(10)13-16-6-7-17-13/h9-10,12-13H,3-8H2,1-2H3/t9-,10+,12+/m1/s1. The summed E-state index contributed by atoms with van der Waals surface area (Å²) in [6.07, 6.45) is 2.63. The zero-order chi connectivity index (χ0) is 12.3. The summed E-state index contributed by atoms with van der Waals surface area (Å²) >= 11 is 0. The first-order chi connectivity index (χ1) is 8.22. The Morgan fingerprint density at radius 2 is 2.00 bits per heavy atom.